The van der Waals surface area contributed by atoms with E-state index in [0.717, 1.165) is 22.9 Å². The van der Waals surface area contributed by atoms with Crippen LogP contribution >= 0.6 is 15.9 Å². The van der Waals surface area contributed by atoms with Gasteiger partial charge >= 0.3 is 5.97 Å². The molecule has 106 valence electrons. The van der Waals surface area contributed by atoms with E-state index in [2.05, 4.69) is 36.7 Å². The summed E-state index contributed by atoms with van der Waals surface area (Å²) >= 11 is 3.43. The monoisotopic (exact) mass is 326 g/mol. The van der Waals surface area contributed by atoms with E-state index in [1.165, 1.54) is 0 Å². The molecular formula is C16H23BrO2. The molecule has 0 fully saturated rings. The number of halogens is 1. The highest BCUT2D eigenvalue weighted by Gasteiger charge is 2.21. The summed E-state index contributed by atoms with van der Waals surface area (Å²) in [7, 11) is 0. The van der Waals surface area contributed by atoms with E-state index in [1.54, 1.807) is 0 Å². The number of aliphatic carboxylic acids is 1. The van der Waals surface area contributed by atoms with Gasteiger partial charge in [0.05, 0.1) is 5.92 Å². The first-order chi connectivity index (χ1) is 8.88. The van der Waals surface area contributed by atoms with Crippen LogP contribution < -0.4 is 0 Å². The summed E-state index contributed by atoms with van der Waals surface area (Å²) in [5, 5.41) is 9.38. The molecule has 0 bridgehead atoms. The van der Waals surface area contributed by atoms with Crippen molar-refractivity contribution in [2.75, 3.05) is 0 Å². The SMILES string of the molecule is CC(C)CC(C)CC(Cc1cccc(Br)c1)C(=O)O. The Labute approximate surface area is 124 Å². The third-order valence-electron chi connectivity index (χ3n) is 3.28. The Morgan fingerprint density at radius 3 is 2.47 bits per heavy atom. The van der Waals surface area contributed by atoms with Crippen LogP contribution in [0.25, 0.3) is 0 Å². The van der Waals surface area contributed by atoms with Crippen molar-refractivity contribution in [3.05, 3.63) is 34.3 Å². The Hall–Kier alpha value is -0.830. The molecule has 0 aliphatic carbocycles. The van der Waals surface area contributed by atoms with Crippen LogP contribution in [0.4, 0.5) is 0 Å². The summed E-state index contributed by atoms with van der Waals surface area (Å²) < 4.78 is 1.00. The highest BCUT2D eigenvalue weighted by atomic mass is 79.9. The van der Waals surface area contributed by atoms with Gasteiger partial charge in [-0.25, -0.2) is 0 Å². The van der Waals surface area contributed by atoms with E-state index >= 15 is 0 Å². The van der Waals surface area contributed by atoms with Crippen molar-refractivity contribution < 1.29 is 9.90 Å². The molecule has 3 heteroatoms. The maximum atomic E-state index is 11.4. The molecule has 0 aromatic heterocycles. The van der Waals surface area contributed by atoms with Gasteiger partial charge in [-0.3, -0.25) is 4.79 Å². The molecule has 0 saturated heterocycles. The first-order valence-corrected chi connectivity index (χ1v) is 7.65. The van der Waals surface area contributed by atoms with E-state index in [0.29, 0.717) is 18.3 Å². The van der Waals surface area contributed by atoms with Crippen LogP contribution in [-0.2, 0) is 11.2 Å². The third-order valence-corrected chi connectivity index (χ3v) is 3.77. The van der Waals surface area contributed by atoms with Crippen molar-refractivity contribution in [1.82, 2.24) is 0 Å². The highest BCUT2D eigenvalue weighted by Crippen LogP contribution is 2.23. The fourth-order valence-corrected chi connectivity index (χ4v) is 3.05. The molecule has 0 spiro atoms. The van der Waals surface area contributed by atoms with Gasteiger partial charge in [0.25, 0.3) is 0 Å². The molecule has 0 amide bonds. The molecule has 1 rings (SSSR count). The molecule has 1 aromatic carbocycles. The quantitative estimate of drug-likeness (QED) is 0.783. The van der Waals surface area contributed by atoms with Crippen LogP contribution in [0.2, 0.25) is 0 Å². The Bertz CT molecular complexity index is 415. The van der Waals surface area contributed by atoms with Crippen molar-refractivity contribution in [3.8, 4) is 0 Å². The van der Waals surface area contributed by atoms with Crippen molar-refractivity contribution in [3.63, 3.8) is 0 Å². The largest absolute Gasteiger partial charge is 0.481 e. The van der Waals surface area contributed by atoms with E-state index in [4.69, 9.17) is 0 Å². The Balaban J connectivity index is 2.65. The second-order valence-corrected chi connectivity index (χ2v) is 6.76. The Morgan fingerprint density at radius 1 is 1.26 bits per heavy atom. The number of carboxylic acid groups (broad SMARTS) is 1. The summed E-state index contributed by atoms with van der Waals surface area (Å²) in [4.78, 5) is 11.4. The Morgan fingerprint density at radius 2 is 1.95 bits per heavy atom. The normalized spacial score (nSPS) is 14.4. The van der Waals surface area contributed by atoms with Crippen LogP contribution in [0.5, 0.6) is 0 Å². The second kappa shape index (κ2) is 7.68. The number of hydrogen-bond donors (Lipinski definition) is 1. The number of rotatable bonds is 7. The van der Waals surface area contributed by atoms with Crippen LogP contribution in [0.15, 0.2) is 28.7 Å². The maximum Gasteiger partial charge on any atom is 0.306 e. The zero-order valence-corrected chi connectivity index (χ0v) is 13.5. The van der Waals surface area contributed by atoms with Gasteiger partial charge in [0, 0.05) is 4.47 Å². The molecule has 0 saturated carbocycles. The summed E-state index contributed by atoms with van der Waals surface area (Å²) in [5.74, 6) is 0.0993. The topological polar surface area (TPSA) is 37.3 Å². The summed E-state index contributed by atoms with van der Waals surface area (Å²) in [5.41, 5.74) is 1.08. The smallest absolute Gasteiger partial charge is 0.306 e. The maximum absolute atomic E-state index is 11.4. The lowest BCUT2D eigenvalue weighted by molar-refractivity contribution is -0.142. The van der Waals surface area contributed by atoms with E-state index in [9.17, 15) is 9.90 Å². The van der Waals surface area contributed by atoms with Gasteiger partial charge in [-0.05, 0) is 48.8 Å². The van der Waals surface area contributed by atoms with Gasteiger partial charge in [-0.1, -0.05) is 48.8 Å². The van der Waals surface area contributed by atoms with Gasteiger partial charge in [-0.2, -0.15) is 0 Å². The average Bonchev–Trinajstić information content (AvgIpc) is 2.26. The van der Waals surface area contributed by atoms with E-state index in [-0.39, 0.29) is 5.92 Å². The lowest BCUT2D eigenvalue weighted by Gasteiger charge is -2.19. The molecule has 2 unspecified atom stereocenters. The zero-order chi connectivity index (χ0) is 14.4. The summed E-state index contributed by atoms with van der Waals surface area (Å²) in [6.45, 7) is 6.51. The lowest BCUT2D eigenvalue weighted by Crippen LogP contribution is -2.20. The van der Waals surface area contributed by atoms with Crippen molar-refractivity contribution in [2.45, 2.75) is 40.0 Å². The first kappa shape index (κ1) is 16.2. The lowest BCUT2D eigenvalue weighted by atomic mass is 9.86. The molecule has 2 nitrogen and oxygen atoms in total. The number of hydrogen-bond acceptors (Lipinski definition) is 1. The van der Waals surface area contributed by atoms with Crippen molar-refractivity contribution in [1.29, 1.82) is 0 Å². The summed E-state index contributed by atoms with van der Waals surface area (Å²) in [6.07, 6.45) is 2.44. The average molecular weight is 327 g/mol. The molecule has 1 N–H and O–H groups in total. The van der Waals surface area contributed by atoms with Crippen LogP contribution in [0, 0.1) is 17.8 Å². The van der Waals surface area contributed by atoms with Gasteiger partial charge in [0.1, 0.15) is 0 Å². The summed E-state index contributed by atoms with van der Waals surface area (Å²) in [6, 6.07) is 7.91. The molecule has 0 aliphatic rings. The van der Waals surface area contributed by atoms with Gasteiger partial charge in [0.15, 0.2) is 0 Å². The molecule has 0 heterocycles. The van der Waals surface area contributed by atoms with E-state index in [1.807, 2.05) is 24.3 Å². The predicted octanol–water partition coefficient (Wildman–Crippen LogP) is 4.76. The van der Waals surface area contributed by atoms with Crippen LogP contribution in [0.3, 0.4) is 0 Å². The molecule has 0 radical (unpaired) electrons. The molecular weight excluding hydrogens is 304 g/mol. The molecule has 19 heavy (non-hydrogen) atoms. The van der Waals surface area contributed by atoms with Gasteiger partial charge in [0.2, 0.25) is 0 Å². The third kappa shape index (κ3) is 6.24. The number of carbonyl (C=O) groups is 1. The molecule has 0 aliphatic heterocycles. The second-order valence-electron chi connectivity index (χ2n) is 5.84. The van der Waals surface area contributed by atoms with Crippen LogP contribution in [-0.4, -0.2) is 11.1 Å². The minimum absolute atomic E-state index is 0.289. The fraction of sp³-hybridized carbons (Fsp3) is 0.562. The fourth-order valence-electron chi connectivity index (χ4n) is 2.61. The zero-order valence-electron chi connectivity index (χ0n) is 11.9. The first-order valence-electron chi connectivity index (χ1n) is 6.85. The van der Waals surface area contributed by atoms with Crippen molar-refractivity contribution >= 4 is 21.9 Å². The minimum Gasteiger partial charge on any atom is -0.481 e. The Kier molecular flexibility index (Phi) is 6.56. The molecule has 2 atom stereocenters. The van der Waals surface area contributed by atoms with Gasteiger partial charge in [-0.15, -0.1) is 0 Å². The number of benzene rings is 1. The standard InChI is InChI=1S/C16H23BrO2/c1-11(2)7-12(3)8-14(16(18)19)9-13-5-4-6-15(17)10-13/h4-6,10-12,14H,7-9H2,1-3H3,(H,18,19). The van der Waals surface area contributed by atoms with Crippen LogP contribution in [0.1, 0.15) is 39.2 Å². The number of carboxylic acids is 1. The molecule has 1 aromatic rings. The van der Waals surface area contributed by atoms with E-state index < -0.39 is 5.97 Å². The van der Waals surface area contributed by atoms with Crippen molar-refractivity contribution in [2.24, 2.45) is 17.8 Å². The minimum atomic E-state index is -0.685. The van der Waals surface area contributed by atoms with Gasteiger partial charge < -0.3 is 5.11 Å². The highest BCUT2D eigenvalue weighted by molar-refractivity contribution is 9.10. The predicted molar refractivity (Wildman–Crippen MR) is 82.2 cm³/mol.